The minimum Gasteiger partial charge on any atom is -0.465 e. The van der Waals surface area contributed by atoms with Crippen molar-refractivity contribution < 1.29 is 22.7 Å². The molecule has 8 heteroatoms. The molecule has 1 aromatic carbocycles. The first-order valence-corrected chi connectivity index (χ1v) is 13.6. The number of carbonyl (C=O) groups excluding carboxylic acids is 2. The van der Waals surface area contributed by atoms with Crippen LogP contribution in [0.3, 0.4) is 0 Å². The third-order valence-electron chi connectivity index (χ3n) is 6.72. The second-order valence-electron chi connectivity index (χ2n) is 10.2. The zero-order chi connectivity index (χ0) is 26.3. The molecule has 4 rings (SSSR count). The number of Topliss-reactive ketones (excluding diaryl/α,β-unsaturated/α-hetero) is 1. The Balaban J connectivity index is 1.83. The Morgan fingerprint density at radius 1 is 1.11 bits per heavy atom. The van der Waals surface area contributed by atoms with E-state index in [4.69, 9.17) is 4.74 Å². The Morgan fingerprint density at radius 2 is 1.81 bits per heavy atom. The van der Waals surface area contributed by atoms with Crippen LogP contribution in [-0.2, 0) is 38.8 Å². The maximum atomic E-state index is 13.5. The highest BCUT2D eigenvalue weighted by atomic mass is 32.2. The second kappa shape index (κ2) is 9.65. The molecular formula is C28H32N2O5S. The smallest absolute Gasteiger partial charge is 0.325 e. The second-order valence-corrected chi connectivity index (χ2v) is 12.0. The number of esters is 1. The summed E-state index contributed by atoms with van der Waals surface area (Å²) in [7, 11) is -3.87. The molecule has 0 N–H and O–H groups in total. The van der Waals surface area contributed by atoms with Crippen molar-refractivity contribution >= 4 is 21.6 Å². The average molecular weight is 509 g/mol. The molecular weight excluding hydrogens is 476 g/mol. The highest BCUT2D eigenvalue weighted by molar-refractivity contribution is 7.91. The van der Waals surface area contributed by atoms with Crippen LogP contribution in [0.2, 0.25) is 0 Å². The van der Waals surface area contributed by atoms with E-state index < -0.39 is 9.84 Å². The summed E-state index contributed by atoms with van der Waals surface area (Å²) in [5.74, 6) is -0.362. The normalized spacial score (nSPS) is 15.0. The number of pyridine rings is 1. The van der Waals surface area contributed by atoms with Crippen molar-refractivity contribution in [2.75, 3.05) is 6.61 Å². The number of ether oxygens (including phenoxy) is 1. The third-order valence-corrected chi connectivity index (χ3v) is 8.49. The van der Waals surface area contributed by atoms with Crippen LogP contribution in [0.25, 0.3) is 0 Å². The van der Waals surface area contributed by atoms with Gasteiger partial charge in [-0.25, -0.2) is 13.4 Å². The highest BCUT2D eigenvalue weighted by Crippen LogP contribution is 2.40. The van der Waals surface area contributed by atoms with E-state index in [0.29, 0.717) is 24.0 Å². The molecule has 1 aliphatic carbocycles. The van der Waals surface area contributed by atoms with Gasteiger partial charge in [-0.1, -0.05) is 37.6 Å². The standard InChI is InChI=1S/C28H32N2O5S/c1-6-35-25(32)17-30-19(3)22(26-23(30)15-28(4,5)16-24(26)31)14-20-8-7-13-29-27(20)36(33,34)21-11-9-18(2)10-12-21/h7-13H,6,14-17H2,1-5H3. The van der Waals surface area contributed by atoms with Gasteiger partial charge in [0.25, 0.3) is 0 Å². The van der Waals surface area contributed by atoms with Gasteiger partial charge in [0.05, 0.1) is 11.5 Å². The summed E-state index contributed by atoms with van der Waals surface area (Å²) >= 11 is 0. The predicted octanol–water partition coefficient (Wildman–Crippen LogP) is 4.64. The molecule has 0 atom stereocenters. The summed E-state index contributed by atoms with van der Waals surface area (Å²) in [6.07, 6.45) is 2.70. The van der Waals surface area contributed by atoms with Crippen molar-refractivity contribution in [3.8, 4) is 0 Å². The number of carbonyl (C=O) groups is 2. The van der Waals surface area contributed by atoms with Crippen molar-refractivity contribution in [1.82, 2.24) is 9.55 Å². The average Bonchev–Trinajstić information content (AvgIpc) is 3.04. The number of rotatable bonds is 7. The van der Waals surface area contributed by atoms with Gasteiger partial charge in [-0.05, 0) is 61.9 Å². The summed E-state index contributed by atoms with van der Waals surface area (Å²) in [5, 5.41) is -0.0243. The van der Waals surface area contributed by atoms with Crippen LogP contribution in [0, 0.1) is 19.3 Å². The van der Waals surface area contributed by atoms with Gasteiger partial charge in [-0.3, -0.25) is 9.59 Å². The Morgan fingerprint density at radius 3 is 2.47 bits per heavy atom. The Labute approximate surface area is 212 Å². The number of benzene rings is 1. The first kappa shape index (κ1) is 25.8. The molecule has 0 aliphatic heterocycles. The summed E-state index contributed by atoms with van der Waals surface area (Å²) in [6.45, 7) is 9.88. The maximum absolute atomic E-state index is 13.5. The zero-order valence-electron chi connectivity index (χ0n) is 21.4. The van der Waals surface area contributed by atoms with E-state index in [1.54, 1.807) is 43.3 Å². The fraction of sp³-hybridized carbons (Fsp3) is 0.393. The lowest BCUT2D eigenvalue weighted by Gasteiger charge is -2.30. The highest BCUT2D eigenvalue weighted by Gasteiger charge is 2.37. The quantitative estimate of drug-likeness (QED) is 0.432. The molecule has 7 nitrogen and oxygen atoms in total. The van der Waals surface area contributed by atoms with Gasteiger partial charge < -0.3 is 9.30 Å². The first-order chi connectivity index (χ1) is 16.9. The third kappa shape index (κ3) is 4.87. The van der Waals surface area contributed by atoms with E-state index in [0.717, 1.165) is 22.5 Å². The van der Waals surface area contributed by atoms with E-state index in [-0.39, 0.29) is 46.7 Å². The van der Waals surface area contributed by atoms with Crippen LogP contribution in [0.15, 0.2) is 52.5 Å². The fourth-order valence-electron chi connectivity index (χ4n) is 4.99. The zero-order valence-corrected chi connectivity index (χ0v) is 22.2. The number of nitrogens with zero attached hydrogens (tertiary/aromatic N) is 2. The Kier molecular flexibility index (Phi) is 6.92. The molecule has 0 amide bonds. The molecule has 0 saturated heterocycles. The number of hydrogen-bond acceptors (Lipinski definition) is 6. The molecule has 0 unspecified atom stereocenters. The molecule has 0 spiro atoms. The Hall–Kier alpha value is -3.26. The van der Waals surface area contributed by atoms with Crippen molar-refractivity contribution in [3.05, 3.63) is 76.2 Å². The molecule has 0 fully saturated rings. The molecule has 190 valence electrons. The lowest BCUT2D eigenvalue weighted by Crippen LogP contribution is -2.29. The number of sulfone groups is 1. The molecule has 2 heterocycles. The van der Waals surface area contributed by atoms with Crippen LogP contribution in [-0.4, -0.2) is 36.3 Å². The van der Waals surface area contributed by atoms with Crippen molar-refractivity contribution in [1.29, 1.82) is 0 Å². The summed E-state index contributed by atoms with van der Waals surface area (Å²) < 4.78 is 34.1. The van der Waals surface area contributed by atoms with E-state index >= 15 is 0 Å². The van der Waals surface area contributed by atoms with Crippen LogP contribution < -0.4 is 0 Å². The molecule has 0 bridgehead atoms. The summed E-state index contributed by atoms with van der Waals surface area (Å²) in [6, 6.07) is 10.1. The SMILES string of the molecule is CCOC(=O)Cn1c(C)c(Cc2cccnc2S(=O)(=O)c2ccc(C)cc2)c2c1CC(C)(C)CC2=O. The summed E-state index contributed by atoms with van der Waals surface area (Å²) in [5.41, 5.74) is 4.14. The van der Waals surface area contributed by atoms with E-state index in [1.165, 1.54) is 6.20 Å². The van der Waals surface area contributed by atoms with Crippen LogP contribution >= 0.6 is 0 Å². The molecule has 1 aliphatic rings. The monoisotopic (exact) mass is 508 g/mol. The lowest BCUT2D eigenvalue weighted by atomic mass is 9.75. The summed E-state index contributed by atoms with van der Waals surface area (Å²) in [4.78, 5) is 30.2. The number of fused-ring (bicyclic) bond motifs is 1. The number of ketones is 1. The molecule has 0 saturated carbocycles. The number of aryl methyl sites for hydroxylation is 1. The van der Waals surface area contributed by atoms with Crippen LogP contribution in [0.4, 0.5) is 0 Å². The van der Waals surface area contributed by atoms with Crippen molar-refractivity contribution in [3.63, 3.8) is 0 Å². The molecule has 3 aromatic rings. The number of hydrogen-bond donors (Lipinski definition) is 0. The minimum absolute atomic E-state index is 0.00687. The topological polar surface area (TPSA) is 95.3 Å². The van der Waals surface area contributed by atoms with E-state index in [9.17, 15) is 18.0 Å². The van der Waals surface area contributed by atoms with Gasteiger partial charge in [-0.15, -0.1) is 0 Å². The van der Waals surface area contributed by atoms with Gasteiger partial charge >= 0.3 is 5.97 Å². The minimum atomic E-state index is -3.87. The molecule has 0 radical (unpaired) electrons. The first-order valence-electron chi connectivity index (χ1n) is 12.1. The predicted molar refractivity (Wildman–Crippen MR) is 136 cm³/mol. The van der Waals surface area contributed by atoms with Crippen molar-refractivity contribution in [2.45, 2.75) is 70.3 Å². The van der Waals surface area contributed by atoms with Gasteiger partial charge in [0.2, 0.25) is 9.84 Å². The lowest BCUT2D eigenvalue weighted by molar-refractivity contribution is -0.143. The van der Waals surface area contributed by atoms with Gasteiger partial charge in [0.15, 0.2) is 10.8 Å². The van der Waals surface area contributed by atoms with Gasteiger partial charge in [0.1, 0.15) is 6.54 Å². The van der Waals surface area contributed by atoms with Gasteiger partial charge in [0, 0.05) is 36.0 Å². The fourth-order valence-corrected chi connectivity index (χ4v) is 6.40. The number of aromatic nitrogens is 2. The maximum Gasteiger partial charge on any atom is 0.325 e. The van der Waals surface area contributed by atoms with E-state index in [2.05, 4.69) is 4.98 Å². The van der Waals surface area contributed by atoms with Crippen molar-refractivity contribution in [2.24, 2.45) is 5.41 Å². The van der Waals surface area contributed by atoms with Crippen LogP contribution in [0.1, 0.15) is 65.6 Å². The van der Waals surface area contributed by atoms with Crippen LogP contribution in [0.5, 0.6) is 0 Å². The Bertz CT molecular complexity index is 1430. The van der Waals surface area contributed by atoms with Gasteiger partial charge in [-0.2, -0.15) is 0 Å². The molecule has 2 aromatic heterocycles. The largest absolute Gasteiger partial charge is 0.465 e. The van der Waals surface area contributed by atoms with E-state index in [1.807, 2.05) is 32.3 Å². The molecule has 36 heavy (non-hydrogen) atoms.